The topological polar surface area (TPSA) is 56.1 Å². The van der Waals surface area contributed by atoms with Gasteiger partial charge in [-0.1, -0.05) is 12.1 Å². The molecule has 0 aliphatic heterocycles. The van der Waals surface area contributed by atoms with Crippen molar-refractivity contribution in [2.75, 3.05) is 7.11 Å². The van der Waals surface area contributed by atoms with Crippen LogP contribution in [0, 0.1) is 5.82 Å². The Morgan fingerprint density at radius 2 is 2.12 bits per heavy atom. The predicted molar refractivity (Wildman–Crippen MR) is 99.6 cm³/mol. The van der Waals surface area contributed by atoms with Crippen molar-refractivity contribution in [1.82, 2.24) is 14.9 Å². The molecule has 0 fully saturated rings. The normalized spacial score (nSPS) is 11.8. The predicted octanol–water partition coefficient (Wildman–Crippen LogP) is 3.85. The van der Waals surface area contributed by atoms with Gasteiger partial charge in [-0.3, -0.25) is 4.79 Å². The maximum Gasteiger partial charge on any atom is 0.253 e. The Hall–Kier alpha value is -2.67. The zero-order valence-corrected chi connectivity index (χ0v) is 15.8. The molecule has 3 rings (SSSR count). The number of carbonyl (C=O) groups excluding carboxylic acids is 1. The van der Waals surface area contributed by atoms with Gasteiger partial charge in [-0.05, 0) is 51.8 Å². The summed E-state index contributed by atoms with van der Waals surface area (Å²) in [4.78, 5) is 17.2. The van der Waals surface area contributed by atoms with Crippen LogP contribution in [0.3, 0.4) is 0 Å². The van der Waals surface area contributed by atoms with Crippen molar-refractivity contribution in [1.29, 1.82) is 0 Å². The zero-order chi connectivity index (χ0) is 18.7. The van der Waals surface area contributed by atoms with Gasteiger partial charge in [0.2, 0.25) is 0 Å². The van der Waals surface area contributed by atoms with Gasteiger partial charge in [-0.15, -0.1) is 0 Å². The SMILES string of the molecule is COc1cccc(C(NC(=O)c2ccc(F)cc2Br)c2nccn2C)c1. The Labute approximate surface area is 159 Å². The van der Waals surface area contributed by atoms with E-state index in [1.165, 1.54) is 18.2 Å². The van der Waals surface area contributed by atoms with Gasteiger partial charge in [0.15, 0.2) is 0 Å². The van der Waals surface area contributed by atoms with Gasteiger partial charge < -0.3 is 14.6 Å². The van der Waals surface area contributed by atoms with Crippen molar-refractivity contribution >= 4 is 21.8 Å². The van der Waals surface area contributed by atoms with E-state index in [0.29, 0.717) is 21.6 Å². The van der Waals surface area contributed by atoms with Gasteiger partial charge in [0.05, 0.1) is 12.7 Å². The molecule has 0 saturated heterocycles. The summed E-state index contributed by atoms with van der Waals surface area (Å²) in [5.41, 5.74) is 1.17. The number of hydrogen-bond donors (Lipinski definition) is 1. The number of hydrogen-bond acceptors (Lipinski definition) is 3. The number of methoxy groups -OCH3 is 1. The third-order valence-corrected chi connectivity index (χ3v) is 4.65. The lowest BCUT2D eigenvalue weighted by atomic mass is 10.0. The van der Waals surface area contributed by atoms with Crippen molar-refractivity contribution in [2.24, 2.45) is 7.05 Å². The molecule has 3 aromatic rings. The van der Waals surface area contributed by atoms with Crippen molar-refractivity contribution < 1.29 is 13.9 Å². The maximum absolute atomic E-state index is 13.3. The number of carbonyl (C=O) groups is 1. The zero-order valence-electron chi connectivity index (χ0n) is 14.2. The molecule has 1 unspecified atom stereocenters. The first kappa shape index (κ1) is 18.1. The first-order valence-corrected chi connectivity index (χ1v) is 8.66. The van der Waals surface area contributed by atoms with Gasteiger partial charge in [0.25, 0.3) is 5.91 Å². The number of nitrogens with zero attached hydrogens (tertiary/aromatic N) is 2. The lowest BCUT2D eigenvalue weighted by Gasteiger charge is -2.20. The van der Waals surface area contributed by atoms with Crippen molar-refractivity contribution in [3.63, 3.8) is 0 Å². The summed E-state index contributed by atoms with van der Waals surface area (Å²) in [5, 5.41) is 2.97. The van der Waals surface area contributed by atoms with Crippen LogP contribution >= 0.6 is 15.9 Å². The van der Waals surface area contributed by atoms with Gasteiger partial charge in [0.1, 0.15) is 23.4 Å². The molecule has 1 amide bonds. The molecule has 0 saturated carbocycles. The lowest BCUT2D eigenvalue weighted by Crippen LogP contribution is -2.31. The van der Waals surface area contributed by atoms with Crippen molar-refractivity contribution in [3.8, 4) is 5.75 Å². The molecule has 1 N–H and O–H groups in total. The molecule has 26 heavy (non-hydrogen) atoms. The van der Waals surface area contributed by atoms with E-state index in [2.05, 4.69) is 26.2 Å². The van der Waals surface area contributed by atoms with Gasteiger partial charge in [-0.2, -0.15) is 0 Å². The summed E-state index contributed by atoms with van der Waals surface area (Å²) in [6.07, 6.45) is 3.48. The van der Waals surface area contributed by atoms with Crippen LogP contribution in [-0.4, -0.2) is 22.6 Å². The number of imidazole rings is 1. The molecule has 0 radical (unpaired) electrons. The minimum absolute atomic E-state index is 0.340. The molecular weight excluding hydrogens is 401 g/mol. The Kier molecular flexibility index (Phi) is 5.37. The fourth-order valence-electron chi connectivity index (χ4n) is 2.66. The third-order valence-electron chi connectivity index (χ3n) is 3.99. The Morgan fingerprint density at radius 3 is 2.77 bits per heavy atom. The first-order valence-electron chi connectivity index (χ1n) is 7.86. The molecule has 0 spiro atoms. The molecule has 0 bridgehead atoms. The number of amides is 1. The first-order chi connectivity index (χ1) is 12.5. The minimum Gasteiger partial charge on any atom is -0.497 e. The number of nitrogens with one attached hydrogen (secondary N) is 1. The quantitative estimate of drug-likeness (QED) is 0.685. The van der Waals surface area contributed by atoms with Crippen LogP contribution in [0.2, 0.25) is 0 Å². The highest BCUT2D eigenvalue weighted by molar-refractivity contribution is 9.10. The average molecular weight is 418 g/mol. The molecule has 0 aliphatic rings. The molecule has 0 aliphatic carbocycles. The highest BCUT2D eigenvalue weighted by Crippen LogP contribution is 2.26. The summed E-state index contributed by atoms with van der Waals surface area (Å²) >= 11 is 3.24. The van der Waals surface area contributed by atoms with Gasteiger partial charge >= 0.3 is 0 Å². The van der Waals surface area contributed by atoms with Crippen LogP contribution in [-0.2, 0) is 7.05 Å². The Balaban J connectivity index is 1.98. The third kappa shape index (κ3) is 3.77. The van der Waals surface area contributed by atoms with Crippen LogP contribution < -0.4 is 10.1 Å². The summed E-state index contributed by atoms with van der Waals surface area (Å²) in [6.45, 7) is 0. The average Bonchev–Trinajstić information content (AvgIpc) is 3.05. The van der Waals surface area contributed by atoms with E-state index in [1.807, 2.05) is 42.1 Å². The number of aromatic nitrogens is 2. The number of rotatable bonds is 5. The maximum atomic E-state index is 13.3. The summed E-state index contributed by atoms with van der Waals surface area (Å²) in [5.74, 6) is 0.596. The monoisotopic (exact) mass is 417 g/mol. The molecule has 5 nitrogen and oxygen atoms in total. The molecule has 134 valence electrons. The van der Waals surface area contributed by atoms with Crippen LogP contribution in [0.15, 0.2) is 59.3 Å². The Morgan fingerprint density at radius 1 is 1.31 bits per heavy atom. The van der Waals surface area contributed by atoms with Crippen molar-refractivity contribution in [3.05, 3.63) is 82.1 Å². The Bertz CT molecular complexity index is 942. The number of benzene rings is 2. The highest BCUT2D eigenvalue weighted by Gasteiger charge is 2.23. The van der Waals surface area contributed by atoms with E-state index in [9.17, 15) is 9.18 Å². The molecule has 7 heteroatoms. The summed E-state index contributed by atoms with van der Waals surface area (Å²) < 4.78 is 20.8. The van der Waals surface area contributed by atoms with E-state index >= 15 is 0 Å². The van der Waals surface area contributed by atoms with E-state index < -0.39 is 11.9 Å². The van der Waals surface area contributed by atoms with E-state index in [4.69, 9.17) is 4.74 Å². The van der Waals surface area contributed by atoms with Crippen molar-refractivity contribution in [2.45, 2.75) is 6.04 Å². The lowest BCUT2D eigenvalue weighted by molar-refractivity contribution is 0.0940. The fraction of sp³-hybridized carbons (Fsp3) is 0.158. The smallest absolute Gasteiger partial charge is 0.253 e. The number of ether oxygens (including phenoxy) is 1. The molecule has 1 aromatic heterocycles. The molecular formula is C19H17BrFN3O2. The van der Waals surface area contributed by atoms with Gasteiger partial charge in [0, 0.05) is 23.9 Å². The van der Waals surface area contributed by atoms with Crippen LogP contribution in [0.25, 0.3) is 0 Å². The molecule has 1 heterocycles. The van der Waals surface area contributed by atoms with Crippen LogP contribution in [0.1, 0.15) is 27.8 Å². The second-order valence-electron chi connectivity index (χ2n) is 5.70. The van der Waals surface area contributed by atoms with E-state index in [0.717, 1.165) is 5.56 Å². The fourth-order valence-corrected chi connectivity index (χ4v) is 3.19. The van der Waals surface area contributed by atoms with Gasteiger partial charge in [-0.25, -0.2) is 9.37 Å². The summed E-state index contributed by atoms with van der Waals surface area (Å²) in [6, 6.07) is 10.9. The molecule has 2 aromatic carbocycles. The largest absolute Gasteiger partial charge is 0.497 e. The second-order valence-corrected chi connectivity index (χ2v) is 6.56. The number of aryl methyl sites for hydroxylation is 1. The van der Waals surface area contributed by atoms with E-state index in [1.54, 1.807) is 13.3 Å². The molecule has 1 atom stereocenters. The highest BCUT2D eigenvalue weighted by atomic mass is 79.9. The minimum atomic E-state index is -0.491. The van der Waals surface area contributed by atoms with Crippen LogP contribution in [0.5, 0.6) is 5.75 Å². The van der Waals surface area contributed by atoms with Crippen LogP contribution in [0.4, 0.5) is 4.39 Å². The number of halogens is 2. The second kappa shape index (κ2) is 7.70. The summed E-state index contributed by atoms with van der Waals surface area (Å²) in [7, 11) is 3.44. The standard InChI is InChI=1S/C19H17BrFN3O2/c1-24-9-8-22-18(24)17(12-4-3-5-14(10-12)26-2)23-19(25)15-7-6-13(21)11-16(15)20/h3-11,17H,1-2H3,(H,23,25). The van der Waals surface area contributed by atoms with E-state index in [-0.39, 0.29) is 5.91 Å².